The SMILES string of the molecule is CC(C)(C)OC(=O)NCCCCC(=O)N[C@@H]1CC[C@@H](n2ccc(=O)[nH]c2=O)[C@@H](O)[C@@H]1O. The van der Waals surface area contributed by atoms with Crippen LogP contribution in [0, 0.1) is 0 Å². The first kappa shape index (κ1) is 24.6. The van der Waals surface area contributed by atoms with Crippen LogP contribution in [0.15, 0.2) is 21.9 Å². The van der Waals surface area contributed by atoms with Crippen LogP contribution in [0.4, 0.5) is 4.79 Å². The molecule has 5 N–H and O–H groups in total. The molecule has 0 unspecified atom stereocenters. The third-order valence-corrected chi connectivity index (χ3v) is 4.98. The monoisotopic (exact) mass is 440 g/mol. The van der Waals surface area contributed by atoms with Gasteiger partial charge in [0.2, 0.25) is 5.91 Å². The number of amides is 2. The number of aliphatic hydroxyl groups is 2. The van der Waals surface area contributed by atoms with E-state index < -0.39 is 47.2 Å². The Morgan fingerprint density at radius 2 is 1.90 bits per heavy atom. The lowest BCUT2D eigenvalue weighted by molar-refractivity contribution is -0.125. The molecule has 1 aliphatic carbocycles. The van der Waals surface area contributed by atoms with Gasteiger partial charge in [-0.25, -0.2) is 9.59 Å². The largest absolute Gasteiger partial charge is 0.444 e. The number of hydrogen-bond donors (Lipinski definition) is 5. The predicted octanol–water partition coefficient (Wildman–Crippen LogP) is -0.227. The minimum atomic E-state index is -1.28. The summed E-state index contributed by atoms with van der Waals surface area (Å²) in [5.41, 5.74) is -1.77. The molecular formula is C20H32N4O7. The highest BCUT2D eigenvalue weighted by atomic mass is 16.6. The Balaban J connectivity index is 1.75. The van der Waals surface area contributed by atoms with Crippen LogP contribution in [-0.2, 0) is 9.53 Å². The molecule has 174 valence electrons. The van der Waals surface area contributed by atoms with Crippen LogP contribution in [0.2, 0.25) is 0 Å². The van der Waals surface area contributed by atoms with E-state index in [1.54, 1.807) is 20.8 Å². The summed E-state index contributed by atoms with van der Waals surface area (Å²) < 4.78 is 6.31. The van der Waals surface area contributed by atoms with Gasteiger partial charge >= 0.3 is 11.8 Å². The van der Waals surface area contributed by atoms with Crippen LogP contribution in [0.3, 0.4) is 0 Å². The molecule has 1 fully saturated rings. The standard InChI is InChI=1S/C20H32N4O7/c1-20(2,3)31-19(30)21-10-5-4-6-14(25)22-12-7-8-13(17(28)16(12)27)24-11-9-15(26)23-18(24)29/h9,11-13,16-17,27-28H,4-8,10H2,1-3H3,(H,21,30)(H,22,25)(H,23,26,29)/t12-,13-,16-,17-/m1/s1. The van der Waals surface area contributed by atoms with Crippen LogP contribution >= 0.6 is 0 Å². The quantitative estimate of drug-likeness (QED) is 0.366. The highest BCUT2D eigenvalue weighted by molar-refractivity contribution is 5.76. The van der Waals surface area contributed by atoms with E-state index in [0.29, 0.717) is 32.2 Å². The van der Waals surface area contributed by atoms with Crippen LogP contribution in [0.5, 0.6) is 0 Å². The number of rotatable bonds is 7. The number of unbranched alkanes of at least 4 members (excludes halogenated alkanes) is 1. The van der Waals surface area contributed by atoms with Gasteiger partial charge in [0.25, 0.3) is 5.56 Å². The van der Waals surface area contributed by atoms with E-state index >= 15 is 0 Å². The number of carbonyl (C=O) groups excluding carboxylic acids is 2. The second-order valence-corrected chi connectivity index (χ2v) is 8.70. The number of carbonyl (C=O) groups is 2. The van der Waals surface area contributed by atoms with E-state index in [0.717, 1.165) is 0 Å². The number of alkyl carbamates (subject to hydrolysis) is 1. The number of ether oxygens (including phenoxy) is 1. The lowest BCUT2D eigenvalue weighted by Crippen LogP contribution is -2.55. The average Bonchev–Trinajstić information content (AvgIpc) is 2.65. The summed E-state index contributed by atoms with van der Waals surface area (Å²) in [6.45, 7) is 5.70. The summed E-state index contributed by atoms with van der Waals surface area (Å²) in [6, 6.07) is -0.171. The van der Waals surface area contributed by atoms with Crippen LogP contribution in [-0.4, -0.2) is 62.2 Å². The highest BCUT2D eigenvalue weighted by Crippen LogP contribution is 2.28. The maximum atomic E-state index is 12.2. The summed E-state index contributed by atoms with van der Waals surface area (Å²) in [4.78, 5) is 49.0. The second-order valence-electron chi connectivity index (χ2n) is 8.70. The molecule has 0 aliphatic heterocycles. The third-order valence-electron chi connectivity index (χ3n) is 4.98. The molecule has 4 atom stereocenters. The van der Waals surface area contributed by atoms with Gasteiger partial charge in [-0.1, -0.05) is 0 Å². The lowest BCUT2D eigenvalue weighted by Gasteiger charge is -2.38. The number of aromatic nitrogens is 2. The summed E-state index contributed by atoms with van der Waals surface area (Å²) in [6.07, 6.45) is 0.269. The molecule has 11 nitrogen and oxygen atoms in total. The fraction of sp³-hybridized carbons (Fsp3) is 0.700. The van der Waals surface area contributed by atoms with E-state index in [-0.39, 0.29) is 12.3 Å². The van der Waals surface area contributed by atoms with Gasteiger partial charge in [0.15, 0.2) is 0 Å². The molecule has 2 amide bonds. The molecule has 0 bridgehead atoms. The van der Waals surface area contributed by atoms with Gasteiger partial charge in [-0.3, -0.25) is 19.1 Å². The van der Waals surface area contributed by atoms with Crippen molar-refractivity contribution in [2.75, 3.05) is 6.54 Å². The van der Waals surface area contributed by atoms with Crippen molar-refractivity contribution in [2.24, 2.45) is 0 Å². The Kier molecular flexibility index (Phi) is 8.40. The second kappa shape index (κ2) is 10.6. The number of nitrogens with zero attached hydrogens (tertiary/aromatic N) is 1. The van der Waals surface area contributed by atoms with E-state index in [4.69, 9.17) is 4.74 Å². The molecule has 1 aromatic rings. The first-order valence-electron chi connectivity index (χ1n) is 10.4. The van der Waals surface area contributed by atoms with Gasteiger partial charge < -0.3 is 25.6 Å². The maximum Gasteiger partial charge on any atom is 0.407 e. The zero-order chi connectivity index (χ0) is 23.2. The predicted molar refractivity (Wildman–Crippen MR) is 112 cm³/mol. The van der Waals surface area contributed by atoms with Crippen LogP contribution in [0.25, 0.3) is 0 Å². The molecule has 0 spiro atoms. The van der Waals surface area contributed by atoms with Gasteiger partial charge in [-0.2, -0.15) is 0 Å². The smallest absolute Gasteiger partial charge is 0.407 e. The first-order chi connectivity index (χ1) is 14.5. The zero-order valence-electron chi connectivity index (χ0n) is 18.1. The molecule has 1 saturated carbocycles. The van der Waals surface area contributed by atoms with E-state index in [1.165, 1.54) is 16.8 Å². The Labute approximate surface area is 179 Å². The fourth-order valence-corrected chi connectivity index (χ4v) is 3.50. The van der Waals surface area contributed by atoms with E-state index in [9.17, 15) is 29.4 Å². The van der Waals surface area contributed by atoms with E-state index in [1.807, 2.05) is 0 Å². The molecule has 1 aromatic heterocycles. The number of H-pyrrole nitrogens is 1. The van der Waals surface area contributed by atoms with Gasteiger partial charge in [-0.15, -0.1) is 0 Å². The van der Waals surface area contributed by atoms with Gasteiger partial charge in [0.05, 0.1) is 12.1 Å². The van der Waals surface area contributed by atoms with Crippen molar-refractivity contribution in [2.45, 2.75) is 82.8 Å². The van der Waals surface area contributed by atoms with Gasteiger partial charge in [0.1, 0.15) is 17.8 Å². The summed E-state index contributed by atoms with van der Waals surface area (Å²) >= 11 is 0. The van der Waals surface area contributed by atoms with Crippen LogP contribution < -0.4 is 21.9 Å². The Morgan fingerprint density at radius 1 is 1.19 bits per heavy atom. The zero-order valence-corrected chi connectivity index (χ0v) is 18.1. The highest BCUT2D eigenvalue weighted by Gasteiger charge is 2.39. The van der Waals surface area contributed by atoms with Crippen molar-refractivity contribution >= 4 is 12.0 Å². The van der Waals surface area contributed by atoms with Crippen molar-refractivity contribution in [1.82, 2.24) is 20.2 Å². The van der Waals surface area contributed by atoms with Crippen molar-refractivity contribution in [1.29, 1.82) is 0 Å². The van der Waals surface area contributed by atoms with Crippen molar-refractivity contribution < 1.29 is 24.5 Å². The molecule has 0 saturated heterocycles. The molecule has 2 rings (SSSR count). The molecule has 11 heteroatoms. The summed E-state index contributed by atoms with van der Waals surface area (Å²) in [5.74, 6) is -0.270. The Morgan fingerprint density at radius 3 is 2.55 bits per heavy atom. The van der Waals surface area contributed by atoms with Crippen LogP contribution in [0.1, 0.15) is 58.9 Å². The Bertz CT molecular complexity index is 873. The van der Waals surface area contributed by atoms with E-state index in [2.05, 4.69) is 15.6 Å². The average molecular weight is 440 g/mol. The minimum Gasteiger partial charge on any atom is -0.444 e. The molecule has 0 radical (unpaired) electrons. The summed E-state index contributed by atoms with van der Waals surface area (Å²) in [5, 5.41) is 26.2. The topological polar surface area (TPSA) is 163 Å². The molecule has 1 heterocycles. The fourth-order valence-electron chi connectivity index (χ4n) is 3.50. The molecular weight excluding hydrogens is 408 g/mol. The number of aromatic amines is 1. The third kappa shape index (κ3) is 7.51. The summed E-state index contributed by atoms with van der Waals surface area (Å²) in [7, 11) is 0. The molecule has 1 aliphatic rings. The normalized spacial score (nSPS) is 23.8. The number of hydrogen-bond acceptors (Lipinski definition) is 7. The maximum absolute atomic E-state index is 12.2. The number of aliphatic hydroxyl groups excluding tert-OH is 2. The Hall–Kier alpha value is -2.66. The lowest BCUT2D eigenvalue weighted by atomic mass is 9.85. The number of nitrogens with one attached hydrogen (secondary N) is 3. The minimum absolute atomic E-state index is 0.206. The van der Waals surface area contributed by atoms with Crippen molar-refractivity contribution in [3.05, 3.63) is 33.1 Å². The first-order valence-corrected chi connectivity index (χ1v) is 10.4. The van der Waals surface area contributed by atoms with Gasteiger partial charge in [-0.05, 0) is 46.5 Å². The van der Waals surface area contributed by atoms with Gasteiger partial charge in [0, 0.05) is 25.2 Å². The molecule has 0 aromatic carbocycles. The molecule has 31 heavy (non-hydrogen) atoms. The van der Waals surface area contributed by atoms with Crippen molar-refractivity contribution in [3.8, 4) is 0 Å². The van der Waals surface area contributed by atoms with Crippen molar-refractivity contribution in [3.63, 3.8) is 0 Å².